The summed E-state index contributed by atoms with van der Waals surface area (Å²) in [4.78, 5) is 4.56. The highest BCUT2D eigenvalue weighted by Gasteiger charge is 2.00. The molecule has 1 aromatic carbocycles. The first kappa shape index (κ1) is 18.7. The van der Waals surface area contributed by atoms with Crippen LogP contribution in [0.15, 0.2) is 52.1 Å². The first-order valence-corrected chi connectivity index (χ1v) is 8.63. The molecule has 0 spiro atoms. The Morgan fingerprint density at radius 3 is 2.80 bits per heavy atom. The standard InChI is InChI=1S/C19H27N3O3/c1-3-20-19(22-12-10-16-9-5-13-24-16)21-11-6-14-25-18-8-4-7-17(15-18)23-2/h4-5,7-9,13,15H,3,6,10-12,14H2,1-2H3,(H2,20,21,22). The van der Waals surface area contributed by atoms with Crippen LogP contribution in [0.3, 0.4) is 0 Å². The van der Waals surface area contributed by atoms with Gasteiger partial charge in [-0.05, 0) is 31.2 Å². The molecular formula is C19H27N3O3. The first-order chi connectivity index (χ1) is 12.3. The molecule has 1 aromatic heterocycles. The number of furan rings is 1. The molecule has 6 heteroatoms. The van der Waals surface area contributed by atoms with E-state index < -0.39 is 0 Å². The summed E-state index contributed by atoms with van der Waals surface area (Å²) in [5.74, 6) is 3.39. The molecule has 0 fully saturated rings. The third-order valence-electron chi connectivity index (χ3n) is 3.47. The second-order valence-corrected chi connectivity index (χ2v) is 5.40. The zero-order chi connectivity index (χ0) is 17.7. The Balaban J connectivity index is 1.67. The van der Waals surface area contributed by atoms with E-state index in [1.165, 1.54) is 0 Å². The second kappa shape index (κ2) is 11.0. The predicted molar refractivity (Wildman–Crippen MR) is 99.5 cm³/mol. The average Bonchev–Trinajstić information content (AvgIpc) is 3.15. The van der Waals surface area contributed by atoms with Gasteiger partial charge in [-0.1, -0.05) is 6.07 Å². The van der Waals surface area contributed by atoms with Crippen molar-refractivity contribution < 1.29 is 13.9 Å². The highest BCUT2D eigenvalue weighted by molar-refractivity contribution is 5.79. The molecule has 1 heterocycles. The summed E-state index contributed by atoms with van der Waals surface area (Å²) in [6.07, 6.45) is 3.36. The van der Waals surface area contributed by atoms with Gasteiger partial charge in [-0.25, -0.2) is 0 Å². The SMILES string of the molecule is CCNC(=NCCCOc1cccc(OC)c1)NCCc1ccco1. The Morgan fingerprint density at radius 1 is 1.16 bits per heavy atom. The monoisotopic (exact) mass is 345 g/mol. The van der Waals surface area contributed by atoms with E-state index in [1.54, 1.807) is 13.4 Å². The van der Waals surface area contributed by atoms with E-state index >= 15 is 0 Å². The summed E-state index contributed by atoms with van der Waals surface area (Å²) in [5, 5.41) is 6.54. The molecule has 0 saturated carbocycles. The van der Waals surface area contributed by atoms with Crippen molar-refractivity contribution in [1.29, 1.82) is 0 Å². The number of guanidine groups is 1. The topological polar surface area (TPSA) is 68.0 Å². The van der Waals surface area contributed by atoms with Gasteiger partial charge in [0.1, 0.15) is 17.3 Å². The van der Waals surface area contributed by atoms with Gasteiger partial charge in [0.05, 0.1) is 20.0 Å². The zero-order valence-corrected chi connectivity index (χ0v) is 15.0. The number of benzene rings is 1. The number of methoxy groups -OCH3 is 1. The lowest BCUT2D eigenvalue weighted by Gasteiger charge is -2.11. The fourth-order valence-electron chi connectivity index (χ4n) is 2.24. The maximum atomic E-state index is 5.72. The summed E-state index contributed by atoms with van der Waals surface area (Å²) in [6, 6.07) is 11.5. The van der Waals surface area contributed by atoms with Crippen LogP contribution in [0, 0.1) is 0 Å². The van der Waals surface area contributed by atoms with Crippen LogP contribution >= 0.6 is 0 Å². The van der Waals surface area contributed by atoms with E-state index in [1.807, 2.05) is 36.4 Å². The van der Waals surface area contributed by atoms with Crippen molar-refractivity contribution >= 4 is 5.96 Å². The normalized spacial score (nSPS) is 11.2. The molecule has 0 aliphatic rings. The van der Waals surface area contributed by atoms with Crippen molar-refractivity contribution in [2.45, 2.75) is 19.8 Å². The lowest BCUT2D eigenvalue weighted by Crippen LogP contribution is -2.38. The van der Waals surface area contributed by atoms with E-state index in [-0.39, 0.29) is 0 Å². The molecule has 0 saturated heterocycles. The average molecular weight is 345 g/mol. The number of aliphatic imine (C=N–C) groups is 1. The number of rotatable bonds is 10. The zero-order valence-electron chi connectivity index (χ0n) is 15.0. The van der Waals surface area contributed by atoms with Crippen LogP contribution in [0.1, 0.15) is 19.1 Å². The summed E-state index contributed by atoms with van der Waals surface area (Å²) in [5.41, 5.74) is 0. The molecule has 0 radical (unpaired) electrons. The fourth-order valence-corrected chi connectivity index (χ4v) is 2.24. The molecule has 25 heavy (non-hydrogen) atoms. The highest BCUT2D eigenvalue weighted by atomic mass is 16.5. The van der Waals surface area contributed by atoms with E-state index in [2.05, 4.69) is 22.5 Å². The maximum Gasteiger partial charge on any atom is 0.191 e. The number of hydrogen-bond donors (Lipinski definition) is 2. The fraction of sp³-hybridized carbons (Fsp3) is 0.421. The lowest BCUT2D eigenvalue weighted by molar-refractivity contribution is 0.311. The Kier molecular flexibility index (Phi) is 8.24. The smallest absolute Gasteiger partial charge is 0.191 e. The van der Waals surface area contributed by atoms with Crippen LogP contribution in [0.2, 0.25) is 0 Å². The Hall–Kier alpha value is -2.63. The van der Waals surface area contributed by atoms with Crippen molar-refractivity contribution in [3.63, 3.8) is 0 Å². The lowest BCUT2D eigenvalue weighted by atomic mass is 10.3. The number of ether oxygens (including phenoxy) is 2. The summed E-state index contributed by atoms with van der Waals surface area (Å²) < 4.78 is 16.2. The third-order valence-corrected chi connectivity index (χ3v) is 3.47. The largest absolute Gasteiger partial charge is 0.497 e. The molecule has 0 bridgehead atoms. The minimum atomic E-state index is 0.614. The molecule has 0 unspecified atom stereocenters. The number of nitrogens with zero attached hydrogens (tertiary/aromatic N) is 1. The van der Waals surface area contributed by atoms with Crippen LogP contribution in [0.5, 0.6) is 11.5 Å². The minimum Gasteiger partial charge on any atom is -0.497 e. The Bertz CT molecular complexity index is 627. The van der Waals surface area contributed by atoms with Gasteiger partial charge in [-0.15, -0.1) is 0 Å². The molecule has 0 atom stereocenters. The van der Waals surface area contributed by atoms with Crippen molar-refractivity contribution in [3.05, 3.63) is 48.4 Å². The van der Waals surface area contributed by atoms with E-state index in [9.17, 15) is 0 Å². The summed E-state index contributed by atoms with van der Waals surface area (Å²) >= 11 is 0. The second-order valence-electron chi connectivity index (χ2n) is 5.40. The minimum absolute atomic E-state index is 0.614. The van der Waals surface area contributed by atoms with Crippen molar-refractivity contribution in [2.75, 3.05) is 33.4 Å². The van der Waals surface area contributed by atoms with Crippen LogP contribution in [0.25, 0.3) is 0 Å². The molecular weight excluding hydrogens is 318 g/mol. The van der Waals surface area contributed by atoms with Crippen molar-refractivity contribution in [1.82, 2.24) is 10.6 Å². The molecule has 0 aliphatic heterocycles. The third kappa shape index (κ3) is 7.20. The summed E-state index contributed by atoms with van der Waals surface area (Å²) in [6.45, 7) is 4.96. The molecule has 0 amide bonds. The quantitative estimate of drug-likeness (QED) is 0.394. The van der Waals surface area contributed by atoms with Crippen molar-refractivity contribution in [2.24, 2.45) is 4.99 Å². The van der Waals surface area contributed by atoms with Crippen LogP contribution in [-0.4, -0.2) is 39.3 Å². The van der Waals surface area contributed by atoms with Gasteiger partial charge in [0.25, 0.3) is 0 Å². The highest BCUT2D eigenvalue weighted by Crippen LogP contribution is 2.18. The van der Waals surface area contributed by atoms with Crippen molar-refractivity contribution in [3.8, 4) is 11.5 Å². The number of hydrogen-bond acceptors (Lipinski definition) is 4. The van der Waals surface area contributed by atoms with Crippen LogP contribution in [-0.2, 0) is 6.42 Å². The summed E-state index contributed by atoms with van der Waals surface area (Å²) in [7, 11) is 1.65. The van der Waals surface area contributed by atoms with Gasteiger partial charge >= 0.3 is 0 Å². The Morgan fingerprint density at radius 2 is 2.04 bits per heavy atom. The molecule has 2 rings (SSSR count). The van der Waals surface area contributed by atoms with Gasteiger partial charge in [0.15, 0.2) is 5.96 Å². The molecule has 0 aliphatic carbocycles. The van der Waals surface area contributed by atoms with E-state index in [4.69, 9.17) is 13.9 Å². The van der Waals surface area contributed by atoms with Crippen LogP contribution < -0.4 is 20.1 Å². The van der Waals surface area contributed by atoms with Crippen LogP contribution in [0.4, 0.5) is 0 Å². The maximum absolute atomic E-state index is 5.72. The van der Waals surface area contributed by atoms with Gasteiger partial charge in [0, 0.05) is 38.5 Å². The van der Waals surface area contributed by atoms with Gasteiger partial charge in [0.2, 0.25) is 0 Å². The number of nitrogens with one attached hydrogen (secondary N) is 2. The van der Waals surface area contributed by atoms with Gasteiger partial charge in [-0.2, -0.15) is 0 Å². The predicted octanol–water partition coefficient (Wildman–Crippen LogP) is 2.85. The molecule has 6 nitrogen and oxygen atoms in total. The first-order valence-electron chi connectivity index (χ1n) is 8.63. The molecule has 2 aromatic rings. The van der Waals surface area contributed by atoms with Gasteiger partial charge in [-0.3, -0.25) is 4.99 Å². The Labute approximate surface area is 149 Å². The van der Waals surface area contributed by atoms with E-state index in [0.717, 1.165) is 49.1 Å². The molecule has 2 N–H and O–H groups in total. The molecule has 136 valence electrons. The van der Waals surface area contributed by atoms with Gasteiger partial charge < -0.3 is 24.5 Å². The van der Waals surface area contributed by atoms with E-state index in [0.29, 0.717) is 13.2 Å².